The Labute approximate surface area is 106 Å². The van der Waals surface area contributed by atoms with E-state index in [-0.39, 0.29) is 12.1 Å². The molecule has 0 saturated heterocycles. The molecule has 0 saturated carbocycles. The van der Waals surface area contributed by atoms with Crippen molar-refractivity contribution >= 4 is 12.2 Å². The van der Waals surface area contributed by atoms with E-state index in [1.54, 1.807) is 12.2 Å². The van der Waals surface area contributed by atoms with Crippen LogP contribution in [0.2, 0.25) is 0 Å². The SMILES string of the molecule is CCC(N=C=O)c1ccc(C(CC)N=C=O)cc1. The van der Waals surface area contributed by atoms with E-state index in [0.717, 1.165) is 24.0 Å². The monoisotopic (exact) mass is 244 g/mol. The lowest BCUT2D eigenvalue weighted by Gasteiger charge is -2.11. The summed E-state index contributed by atoms with van der Waals surface area (Å²) in [6, 6.07) is 7.35. The standard InChI is InChI=1S/C14H16N2O2/c1-3-13(15-9-17)11-5-7-12(8-6-11)14(4-2)16-10-18/h5-8,13-14H,3-4H2,1-2H3. The van der Waals surface area contributed by atoms with Crippen LogP contribution in [0.4, 0.5) is 0 Å². The molecule has 0 spiro atoms. The van der Waals surface area contributed by atoms with Crippen LogP contribution in [0.25, 0.3) is 0 Å². The highest BCUT2D eigenvalue weighted by molar-refractivity contribution is 5.38. The molecule has 1 aromatic carbocycles. The van der Waals surface area contributed by atoms with Gasteiger partial charge in [0.05, 0.1) is 12.1 Å². The zero-order valence-corrected chi connectivity index (χ0v) is 10.6. The maximum atomic E-state index is 10.3. The average molecular weight is 244 g/mol. The van der Waals surface area contributed by atoms with Crippen molar-refractivity contribution in [3.8, 4) is 0 Å². The predicted molar refractivity (Wildman–Crippen MR) is 68.7 cm³/mol. The lowest BCUT2D eigenvalue weighted by Crippen LogP contribution is -1.97. The fourth-order valence-corrected chi connectivity index (χ4v) is 1.87. The highest BCUT2D eigenvalue weighted by Crippen LogP contribution is 2.25. The van der Waals surface area contributed by atoms with Crippen LogP contribution in [0.3, 0.4) is 0 Å². The van der Waals surface area contributed by atoms with Crippen molar-refractivity contribution in [3.05, 3.63) is 35.4 Å². The van der Waals surface area contributed by atoms with Crippen molar-refractivity contribution in [3.63, 3.8) is 0 Å². The van der Waals surface area contributed by atoms with Crippen LogP contribution in [0.1, 0.15) is 49.9 Å². The lowest BCUT2D eigenvalue weighted by molar-refractivity contribution is 0.554. The van der Waals surface area contributed by atoms with E-state index < -0.39 is 0 Å². The molecule has 1 rings (SSSR count). The van der Waals surface area contributed by atoms with Gasteiger partial charge in [-0.1, -0.05) is 38.1 Å². The summed E-state index contributed by atoms with van der Waals surface area (Å²) in [4.78, 5) is 28.1. The third kappa shape index (κ3) is 3.49. The molecule has 2 atom stereocenters. The van der Waals surface area contributed by atoms with E-state index >= 15 is 0 Å². The van der Waals surface area contributed by atoms with Crippen LogP contribution in [0, 0.1) is 0 Å². The van der Waals surface area contributed by atoms with Gasteiger partial charge in [-0.3, -0.25) is 0 Å². The second kappa shape index (κ2) is 7.33. The molecule has 4 heteroatoms. The van der Waals surface area contributed by atoms with Crippen molar-refractivity contribution in [2.75, 3.05) is 0 Å². The van der Waals surface area contributed by atoms with E-state index in [1.807, 2.05) is 38.1 Å². The summed E-state index contributed by atoms with van der Waals surface area (Å²) in [5, 5.41) is 0. The Morgan fingerprint density at radius 1 is 0.889 bits per heavy atom. The maximum Gasteiger partial charge on any atom is 0.235 e. The van der Waals surface area contributed by atoms with Crippen LogP contribution in [-0.2, 0) is 9.59 Å². The zero-order valence-electron chi connectivity index (χ0n) is 10.6. The van der Waals surface area contributed by atoms with Gasteiger partial charge in [-0.05, 0) is 24.0 Å². The number of hydrogen-bond acceptors (Lipinski definition) is 4. The number of carbonyl (C=O) groups excluding carboxylic acids is 2. The molecule has 0 radical (unpaired) electrons. The molecular formula is C14H16N2O2. The number of isocyanates is 2. The Bertz CT molecular complexity index is 424. The van der Waals surface area contributed by atoms with Crippen molar-refractivity contribution in [2.45, 2.75) is 38.8 Å². The summed E-state index contributed by atoms with van der Waals surface area (Å²) in [5.74, 6) is 0. The smallest absolute Gasteiger partial charge is 0.211 e. The fourth-order valence-electron chi connectivity index (χ4n) is 1.87. The van der Waals surface area contributed by atoms with Crippen LogP contribution >= 0.6 is 0 Å². The summed E-state index contributed by atoms with van der Waals surface area (Å²) in [7, 11) is 0. The van der Waals surface area contributed by atoms with Gasteiger partial charge < -0.3 is 0 Å². The average Bonchev–Trinajstić information content (AvgIpc) is 2.42. The molecule has 18 heavy (non-hydrogen) atoms. The molecular weight excluding hydrogens is 228 g/mol. The molecule has 2 unspecified atom stereocenters. The third-order valence-corrected chi connectivity index (χ3v) is 2.90. The Morgan fingerprint density at radius 3 is 1.44 bits per heavy atom. The van der Waals surface area contributed by atoms with Crippen LogP contribution in [0.5, 0.6) is 0 Å². The van der Waals surface area contributed by atoms with Gasteiger partial charge in [0.1, 0.15) is 0 Å². The minimum absolute atomic E-state index is 0.147. The molecule has 0 fully saturated rings. The Balaban J connectivity index is 2.97. The quantitative estimate of drug-likeness (QED) is 0.569. The molecule has 0 bridgehead atoms. The molecule has 0 amide bonds. The third-order valence-electron chi connectivity index (χ3n) is 2.90. The van der Waals surface area contributed by atoms with E-state index in [0.29, 0.717) is 0 Å². The highest BCUT2D eigenvalue weighted by atomic mass is 16.1. The molecule has 0 aliphatic heterocycles. The first-order chi connectivity index (χ1) is 8.76. The molecule has 0 aliphatic rings. The maximum absolute atomic E-state index is 10.3. The van der Waals surface area contributed by atoms with Gasteiger partial charge in [-0.2, -0.15) is 9.98 Å². The Hall–Kier alpha value is -2.02. The van der Waals surface area contributed by atoms with E-state index in [4.69, 9.17) is 0 Å². The normalized spacial score (nSPS) is 13.0. The second-order valence-electron chi connectivity index (χ2n) is 3.96. The Morgan fingerprint density at radius 2 is 1.22 bits per heavy atom. The summed E-state index contributed by atoms with van der Waals surface area (Å²) in [5.41, 5.74) is 1.93. The van der Waals surface area contributed by atoms with Crippen LogP contribution in [0.15, 0.2) is 34.3 Å². The van der Waals surface area contributed by atoms with Crippen LogP contribution < -0.4 is 0 Å². The number of aliphatic imine (C=N–C) groups is 2. The number of nitrogens with zero attached hydrogens (tertiary/aromatic N) is 2. The van der Waals surface area contributed by atoms with Gasteiger partial charge in [-0.15, -0.1) is 0 Å². The number of benzene rings is 1. The summed E-state index contributed by atoms with van der Waals surface area (Å²) >= 11 is 0. The molecule has 4 nitrogen and oxygen atoms in total. The molecule has 1 aromatic rings. The van der Waals surface area contributed by atoms with Gasteiger partial charge in [0.2, 0.25) is 12.2 Å². The first kappa shape index (κ1) is 14.0. The topological polar surface area (TPSA) is 58.9 Å². The second-order valence-corrected chi connectivity index (χ2v) is 3.96. The first-order valence-electron chi connectivity index (χ1n) is 6.00. The molecule has 94 valence electrons. The molecule has 0 heterocycles. The largest absolute Gasteiger partial charge is 0.235 e. The molecule has 0 aliphatic carbocycles. The molecule has 0 N–H and O–H groups in total. The minimum atomic E-state index is -0.147. The van der Waals surface area contributed by atoms with Gasteiger partial charge in [0, 0.05) is 0 Å². The summed E-state index contributed by atoms with van der Waals surface area (Å²) in [6.07, 6.45) is 4.68. The van der Waals surface area contributed by atoms with Crippen molar-refractivity contribution in [2.24, 2.45) is 9.98 Å². The van der Waals surface area contributed by atoms with Gasteiger partial charge in [0.15, 0.2) is 0 Å². The number of hydrogen-bond donors (Lipinski definition) is 0. The van der Waals surface area contributed by atoms with Gasteiger partial charge >= 0.3 is 0 Å². The summed E-state index contributed by atoms with van der Waals surface area (Å²) in [6.45, 7) is 3.93. The highest BCUT2D eigenvalue weighted by Gasteiger charge is 2.10. The number of rotatable bonds is 6. The van der Waals surface area contributed by atoms with E-state index in [2.05, 4.69) is 9.98 Å². The Kier molecular flexibility index (Phi) is 5.72. The predicted octanol–water partition coefficient (Wildman–Crippen LogP) is 3.26. The van der Waals surface area contributed by atoms with Gasteiger partial charge in [-0.25, -0.2) is 9.59 Å². The summed E-state index contributed by atoms with van der Waals surface area (Å²) < 4.78 is 0. The van der Waals surface area contributed by atoms with Crippen LogP contribution in [-0.4, -0.2) is 12.2 Å². The molecule has 0 aromatic heterocycles. The van der Waals surface area contributed by atoms with Gasteiger partial charge in [0.25, 0.3) is 0 Å². The minimum Gasteiger partial charge on any atom is -0.211 e. The van der Waals surface area contributed by atoms with Crippen molar-refractivity contribution < 1.29 is 9.59 Å². The zero-order chi connectivity index (χ0) is 13.4. The van der Waals surface area contributed by atoms with Crippen molar-refractivity contribution in [1.29, 1.82) is 0 Å². The first-order valence-corrected chi connectivity index (χ1v) is 6.00. The van der Waals surface area contributed by atoms with Crippen molar-refractivity contribution in [1.82, 2.24) is 0 Å². The van der Waals surface area contributed by atoms with E-state index in [9.17, 15) is 9.59 Å². The lowest BCUT2D eigenvalue weighted by atomic mass is 9.99. The van der Waals surface area contributed by atoms with E-state index in [1.165, 1.54) is 0 Å². The fraction of sp³-hybridized carbons (Fsp3) is 0.429.